The predicted octanol–water partition coefficient (Wildman–Crippen LogP) is -0.0333. The number of primary amides is 1. The summed E-state index contributed by atoms with van der Waals surface area (Å²) in [5.41, 5.74) is 12.2. The highest BCUT2D eigenvalue weighted by atomic mass is 32.2. The molecule has 1 atom stereocenters. The molecule has 1 aromatic carbocycles. The number of sulfone groups is 1. The first-order valence-corrected chi connectivity index (χ1v) is 7.36. The Balaban J connectivity index is 2.23. The second-order valence-electron chi connectivity index (χ2n) is 4.41. The Labute approximate surface area is 105 Å². The van der Waals surface area contributed by atoms with E-state index in [1.807, 2.05) is 0 Å². The fourth-order valence-corrected chi connectivity index (χ4v) is 3.70. The molecule has 0 bridgehead atoms. The van der Waals surface area contributed by atoms with E-state index in [1.165, 1.54) is 6.07 Å². The molecule has 0 spiro atoms. The first kappa shape index (κ1) is 12.7. The van der Waals surface area contributed by atoms with Gasteiger partial charge in [0.15, 0.2) is 9.84 Å². The summed E-state index contributed by atoms with van der Waals surface area (Å²) in [4.78, 5) is 11.3. The van der Waals surface area contributed by atoms with Crippen LogP contribution in [0.25, 0.3) is 0 Å². The molecule has 0 aliphatic carbocycles. The van der Waals surface area contributed by atoms with Gasteiger partial charge in [0.2, 0.25) is 0 Å². The molecule has 18 heavy (non-hydrogen) atoms. The van der Waals surface area contributed by atoms with Crippen molar-refractivity contribution < 1.29 is 13.2 Å². The molecule has 1 aliphatic rings. The number of nitrogens with one attached hydrogen (secondary N) is 1. The van der Waals surface area contributed by atoms with Crippen LogP contribution in [0.1, 0.15) is 16.8 Å². The summed E-state index contributed by atoms with van der Waals surface area (Å²) < 4.78 is 22.7. The largest absolute Gasteiger partial charge is 0.399 e. The summed E-state index contributed by atoms with van der Waals surface area (Å²) >= 11 is 0. The maximum Gasteiger partial charge on any atom is 0.250 e. The zero-order chi connectivity index (χ0) is 13.3. The van der Waals surface area contributed by atoms with Crippen LogP contribution in [0.5, 0.6) is 0 Å². The van der Waals surface area contributed by atoms with Crippen molar-refractivity contribution >= 4 is 27.1 Å². The molecule has 1 aliphatic heterocycles. The Hall–Kier alpha value is -1.76. The van der Waals surface area contributed by atoms with Gasteiger partial charge in [-0.15, -0.1) is 0 Å². The van der Waals surface area contributed by atoms with E-state index in [4.69, 9.17) is 11.5 Å². The summed E-state index contributed by atoms with van der Waals surface area (Å²) in [5.74, 6) is -0.336. The third kappa shape index (κ3) is 2.73. The normalized spacial score (nSPS) is 21.7. The molecule has 0 saturated carbocycles. The van der Waals surface area contributed by atoms with Crippen molar-refractivity contribution in [2.24, 2.45) is 5.73 Å². The first-order valence-electron chi connectivity index (χ1n) is 5.54. The van der Waals surface area contributed by atoms with Crippen molar-refractivity contribution in [2.75, 3.05) is 22.6 Å². The number of benzene rings is 1. The lowest BCUT2D eigenvalue weighted by molar-refractivity contribution is 0.100. The Morgan fingerprint density at radius 2 is 2.11 bits per heavy atom. The van der Waals surface area contributed by atoms with Crippen LogP contribution in [0.15, 0.2) is 18.2 Å². The van der Waals surface area contributed by atoms with Gasteiger partial charge in [0, 0.05) is 17.4 Å². The Bertz CT molecular complexity index is 583. The molecule has 1 unspecified atom stereocenters. The molecule has 1 aromatic rings. The van der Waals surface area contributed by atoms with Crippen molar-refractivity contribution in [3.05, 3.63) is 23.8 Å². The topological polar surface area (TPSA) is 115 Å². The van der Waals surface area contributed by atoms with Gasteiger partial charge in [0.25, 0.3) is 5.91 Å². The second-order valence-corrected chi connectivity index (χ2v) is 6.64. The number of carbonyl (C=O) groups excluding carboxylic acids is 1. The minimum Gasteiger partial charge on any atom is -0.399 e. The second kappa shape index (κ2) is 4.49. The van der Waals surface area contributed by atoms with Crippen LogP contribution in [0.2, 0.25) is 0 Å². The van der Waals surface area contributed by atoms with Crippen molar-refractivity contribution in [3.63, 3.8) is 0 Å². The third-order valence-electron chi connectivity index (χ3n) is 2.90. The summed E-state index contributed by atoms with van der Waals surface area (Å²) in [5, 5.41) is 3.03. The Morgan fingerprint density at radius 3 is 2.67 bits per heavy atom. The average molecular weight is 269 g/mol. The van der Waals surface area contributed by atoms with Crippen LogP contribution in [0.3, 0.4) is 0 Å². The van der Waals surface area contributed by atoms with E-state index in [0.717, 1.165) is 0 Å². The van der Waals surface area contributed by atoms with Crippen LogP contribution < -0.4 is 16.8 Å². The summed E-state index contributed by atoms with van der Waals surface area (Å²) in [7, 11) is -2.97. The van der Waals surface area contributed by atoms with E-state index in [9.17, 15) is 13.2 Å². The van der Waals surface area contributed by atoms with Gasteiger partial charge in [-0.1, -0.05) is 0 Å². The van der Waals surface area contributed by atoms with E-state index in [0.29, 0.717) is 23.4 Å². The van der Waals surface area contributed by atoms with Crippen LogP contribution in [0, 0.1) is 0 Å². The number of anilines is 2. The van der Waals surface area contributed by atoms with E-state index in [-0.39, 0.29) is 17.5 Å². The molecular formula is C11H15N3O3S. The maximum atomic E-state index is 11.4. The highest BCUT2D eigenvalue weighted by Gasteiger charge is 2.28. The average Bonchev–Trinajstić information content (AvgIpc) is 2.57. The summed E-state index contributed by atoms with van der Waals surface area (Å²) in [6.45, 7) is 0. The van der Waals surface area contributed by atoms with Crippen molar-refractivity contribution in [1.82, 2.24) is 0 Å². The van der Waals surface area contributed by atoms with E-state index in [2.05, 4.69) is 5.32 Å². The standard InChI is InChI=1S/C11H15N3O3S/c12-7-1-2-9(11(13)15)10(5-7)14-8-3-4-18(16,17)6-8/h1-2,5,8,14H,3-4,6,12H2,(H2,13,15). The molecule has 1 fully saturated rings. The number of hydrogen-bond donors (Lipinski definition) is 3. The quantitative estimate of drug-likeness (QED) is 0.666. The fraction of sp³-hybridized carbons (Fsp3) is 0.364. The van der Waals surface area contributed by atoms with Gasteiger partial charge in [0.05, 0.1) is 17.1 Å². The molecule has 7 heteroatoms. The zero-order valence-corrected chi connectivity index (χ0v) is 10.5. The van der Waals surface area contributed by atoms with Gasteiger partial charge >= 0.3 is 0 Å². The van der Waals surface area contributed by atoms with Gasteiger partial charge in [-0.3, -0.25) is 4.79 Å². The number of nitrogen functional groups attached to an aromatic ring is 1. The summed E-state index contributed by atoms with van der Waals surface area (Å²) in [6.07, 6.45) is 0.523. The van der Waals surface area contributed by atoms with E-state index in [1.54, 1.807) is 12.1 Å². The number of amides is 1. The van der Waals surface area contributed by atoms with Gasteiger partial charge in [-0.25, -0.2) is 8.42 Å². The fourth-order valence-electron chi connectivity index (χ4n) is 2.02. The molecule has 2 rings (SSSR count). The highest BCUT2D eigenvalue weighted by molar-refractivity contribution is 7.91. The van der Waals surface area contributed by atoms with Crippen LogP contribution in [0.4, 0.5) is 11.4 Å². The number of nitrogens with two attached hydrogens (primary N) is 2. The van der Waals surface area contributed by atoms with Crippen LogP contribution >= 0.6 is 0 Å². The van der Waals surface area contributed by atoms with Crippen LogP contribution in [-0.4, -0.2) is 31.9 Å². The van der Waals surface area contributed by atoms with E-state index < -0.39 is 15.7 Å². The van der Waals surface area contributed by atoms with Crippen molar-refractivity contribution in [1.29, 1.82) is 0 Å². The first-order chi connectivity index (χ1) is 8.37. The van der Waals surface area contributed by atoms with Crippen LogP contribution in [-0.2, 0) is 9.84 Å². The molecule has 6 nitrogen and oxygen atoms in total. The van der Waals surface area contributed by atoms with Gasteiger partial charge in [-0.05, 0) is 24.6 Å². The van der Waals surface area contributed by atoms with Gasteiger partial charge < -0.3 is 16.8 Å². The van der Waals surface area contributed by atoms with Gasteiger partial charge in [-0.2, -0.15) is 0 Å². The molecule has 5 N–H and O–H groups in total. The molecule has 0 aromatic heterocycles. The van der Waals surface area contributed by atoms with E-state index >= 15 is 0 Å². The van der Waals surface area contributed by atoms with Crippen molar-refractivity contribution in [2.45, 2.75) is 12.5 Å². The molecule has 1 heterocycles. The molecule has 0 radical (unpaired) electrons. The smallest absolute Gasteiger partial charge is 0.250 e. The minimum atomic E-state index is -2.97. The number of rotatable bonds is 3. The Kier molecular flexibility index (Phi) is 3.16. The Morgan fingerprint density at radius 1 is 1.39 bits per heavy atom. The minimum absolute atomic E-state index is 0.0694. The lowest BCUT2D eigenvalue weighted by atomic mass is 10.1. The molecule has 98 valence electrons. The number of hydrogen-bond acceptors (Lipinski definition) is 5. The molecule has 1 amide bonds. The third-order valence-corrected chi connectivity index (χ3v) is 4.67. The lowest BCUT2D eigenvalue weighted by Gasteiger charge is -2.15. The SMILES string of the molecule is NC(=O)c1ccc(N)cc1NC1CCS(=O)(=O)C1. The molecule has 1 saturated heterocycles. The van der Waals surface area contributed by atoms with Gasteiger partial charge in [0.1, 0.15) is 0 Å². The van der Waals surface area contributed by atoms with Crippen molar-refractivity contribution in [3.8, 4) is 0 Å². The predicted molar refractivity (Wildman–Crippen MR) is 70.1 cm³/mol. The monoisotopic (exact) mass is 269 g/mol. The summed E-state index contributed by atoms with van der Waals surface area (Å²) in [6, 6.07) is 4.50. The maximum absolute atomic E-state index is 11.4. The number of carbonyl (C=O) groups is 1. The lowest BCUT2D eigenvalue weighted by Crippen LogP contribution is -2.23. The zero-order valence-electron chi connectivity index (χ0n) is 9.72. The molecular weight excluding hydrogens is 254 g/mol. The highest BCUT2D eigenvalue weighted by Crippen LogP contribution is 2.23.